The Morgan fingerprint density at radius 2 is 1.55 bits per heavy atom. The third-order valence-corrected chi connectivity index (χ3v) is 4.31. The number of hydrogen-bond donors (Lipinski definition) is 3. The van der Waals surface area contributed by atoms with Crippen LogP contribution in [-0.2, 0) is 0 Å². The molecule has 0 unspecified atom stereocenters. The van der Waals surface area contributed by atoms with E-state index in [4.69, 9.17) is 0 Å². The average Bonchev–Trinajstić information content (AvgIpc) is 2.77. The summed E-state index contributed by atoms with van der Waals surface area (Å²) >= 11 is 0. The van der Waals surface area contributed by atoms with Gasteiger partial charge in [-0.05, 0) is 54.6 Å². The van der Waals surface area contributed by atoms with Crippen LogP contribution in [0.15, 0.2) is 72.8 Å². The predicted molar refractivity (Wildman–Crippen MR) is 115 cm³/mol. The van der Waals surface area contributed by atoms with Gasteiger partial charge in [0.25, 0.3) is 17.5 Å². The normalized spacial score (nSPS) is 10.2. The number of nitro benzene ring substituents is 1. The van der Waals surface area contributed by atoms with E-state index in [-0.39, 0.29) is 11.6 Å². The van der Waals surface area contributed by atoms with Crippen molar-refractivity contribution < 1.29 is 18.9 Å². The average molecular weight is 422 g/mol. The zero-order valence-electron chi connectivity index (χ0n) is 16.3. The number of halogens is 1. The first-order valence-electron chi connectivity index (χ1n) is 9.36. The molecular formula is C22H19FN4O4. The van der Waals surface area contributed by atoms with E-state index >= 15 is 0 Å². The molecule has 31 heavy (non-hydrogen) atoms. The summed E-state index contributed by atoms with van der Waals surface area (Å²) in [5.74, 6) is -1.16. The molecule has 0 aliphatic heterocycles. The van der Waals surface area contributed by atoms with Crippen molar-refractivity contribution in [3.8, 4) is 0 Å². The minimum Gasteiger partial charge on any atom is -0.383 e. The quantitative estimate of drug-likeness (QED) is 0.290. The second kappa shape index (κ2) is 9.97. The molecule has 9 heteroatoms. The first-order chi connectivity index (χ1) is 14.9. The molecule has 3 aromatic rings. The number of hydrogen-bond acceptors (Lipinski definition) is 5. The first kappa shape index (κ1) is 21.4. The molecule has 0 saturated carbocycles. The van der Waals surface area contributed by atoms with E-state index < -0.39 is 16.6 Å². The van der Waals surface area contributed by atoms with E-state index in [0.717, 1.165) is 0 Å². The summed E-state index contributed by atoms with van der Waals surface area (Å²) in [6, 6.07) is 17.6. The fourth-order valence-electron chi connectivity index (χ4n) is 2.73. The Morgan fingerprint density at radius 1 is 0.839 bits per heavy atom. The summed E-state index contributed by atoms with van der Waals surface area (Å²) in [6.07, 6.45) is 0. The molecule has 8 nitrogen and oxygen atoms in total. The fraction of sp³-hybridized carbons (Fsp3) is 0.0909. The molecule has 0 heterocycles. The molecule has 3 aromatic carbocycles. The second-order valence-electron chi connectivity index (χ2n) is 6.53. The van der Waals surface area contributed by atoms with Crippen LogP contribution >= 0.6 is 0 Å². The van der Waals surface area contributed by atoms with Crippen LogP contribution in [0.1, 0.15) is 20.7 Å². The molecule has 0 bridgehead atoms. The molecule has 3 N–H and O–H groups in total. The number of nitrogens with zero attached hydrogens (tertiary/aromatic N) is 1. The van der Waals surface area contributed by atoms with Crippen LogP contribution in [0.3, 0.4) is 0 Å². The number of nitrogens with one attached hydrogen (secondary N) is 3. The fourth-order valence-corrected chi connectivity index (χ4v) is 2.73. The van der Waals surface area contributed by atoms with Crippen LogP contribution in [0.5, 0.6) is 0 Å². The molecule has 0 aliphatic carbocycles. The summed E-state index contributed by atoms with van der Waals surface area (Å²) in [5, 5.41) is 19.1. The lowest BCUT2D eigenvalue weighted by Crippen LogP contribution is -2.28. The van der Waals surface area contributed by atoms with Crippen molar-refractivity contribution in [3.05, 3.63) is 99.9 Å². The van der Waals surface area contributed by atoms with Crippen LogP contribution in [-0.4, -0.2) is 29.8 Å². The number of carbonyl (C=O) groups is 2. The monoisotopic (exact) mass is 422 g/mol. The summed E-state index contributed by atoms with van der Waals surface area (Å²) in [4.78, 5) is 34.8. The smallest absolute Gasteiger partial charge is 0.269 e. The van der Waals surface area contributed by atoms with Crippen molar-refractivity contribution in [2.24, 2.45) is 0 Å². The van der Waals surface area contributed by atoms with Crippen LogP contribution in [0, 0.1) is 15.9 Å². The minimum atomic E-state index is -0.472. The van der Waals surface area contributed by atoms with Gasteiger partial charge in [-0.2, -0.15) is 0 Å². The standard InChI is InChI=1S/C22H19FN4O4/c23-17-6-4-15(5-7-17)22(29)26-19-3-1-2-16(14-19)21(28)25-13-12-24-18-8-10-20(11-9-18)27(30)31/h1-11,14,24H,12-13H2,(H,25,28)(H,26,29). The third-order valence-electron chi connectivity index (χ3n) is 4.31. The first-order valence-corrected chi connectivity index (χ1v) is 9.36. The Hall–Kier alpha value is -4.27. The van der Waals surface area contributed by atoms with Gasteiger partial charge in [0, 0.05) is 47.7 Å². The molecule has 0 aromatic heterocycles. The van der Waals surface area contributed by atoms with Gasteiger partial charge in [0.1, 0.15) is 5.82 Å². The number of anilines is 2. The van der Waals surface area contributed by atoms with Crippen molar-refractivity contribution in [2.45, 2.75) is 0 Å². The summed E-state index contributed by atoms with van der Waals surface area (Å²) < 4.78 is 13.0. The SMILES string of the molecule is O=C(NCCNc1ccc([N+](=O)[O-])cc1)c1cccc(NC(=O)c2ccc(F)cc2)c1. The van der Waals surface area contributed by atoms with Crippen molar-refractivity contribution in [1.82, 2.24) is 5.32 Å². The van der Waals surface area contributed by atoms with Crippen molar-refractivity contribution in [2.75, 3.05) is 23.7 Å². The molecule has 0 spiro atoms. The van der Waals surface area contributed by atoms with Gasteiger partial charge in [-0.25, -0.2) is 4.39 Å². The second-order valence-corrected chi connectivity index (χ2v) is 6.53. The maximum absolute atomic E-state index is 13.0. The Bertz CT molecular complexity index is 1090. The van der Waals surface area contributed by atoms with E-state index in [0.29, 0.717) is 35.6 Å². The predicted octanol–water partition coefficient (Wildman–Crippen LogP) is 3.83. The zero-order chi connectivity index (χ0) is 22.2. The van der Waals surface area contributed by atoms with Gasteiger partial charge in [0.15, 0.2) is 0 Å². The highest BCUT2D eigenvalue weighted by molar-refractivity contribution is 6.05. The largest absolute Gasteiger partial charge is 0.383 e. The molecule has 3 rings (SSSR count). The molecule has 0 atom stereocenters. The van der Waals surface area contributed by atoms with E-state index in [1.54, 1.807) is 36.4 Å². The highest BCUT2D eigenvalue weighted by atomic mass is 19.1. The Labute approximate surface area is 177 Å². The number of amides is 2. The van der Waals surface area contributed by atoms with Gasteiger partial charge in [0.2, 0.25) is 0 Å². The van der Waals surface area contributed by atoms with Gasteiger partial charge < -0.3 is 16.0 Å². The minimum absolute atomic E-state index is 0.00486. The lowest BCUT2D eigenvalue weighted by molar-refractivity contribution is -0.384. The Morgan fingerprint density at radius 3 is 2.23 bits per heavy atom. The topological polar surface area (TPSA) is 113 Å². The number of rotatable bonds is 8. The van der Waals surface area contributed by atoms with E-state index in [1.165, 1.54) is 36.4 Å². The Balaban J connectivity index is 1.49. The van der Waals surface area contributed by atoms with Crippen LogP contribution in [0.2, 0.25) is 0 Å². The van der Waals surface area contributed by atoms with Crippen LogP contribution in [0.4, 0.5) is 21.5 Å². The van der Waals surface area contributed by atoms with Crippen molar-refractivity contribution in [1.29, 1.82) is 0 Å². The van der Waals surface area contributed by atoms with E-state index in [9.17, 15) is 24.1 Å². The van der Waals surface area contributed by atoms with Crippen molar-refractivity contribution in [3.63, 3.8) is 0 Å². The highest BCUT2D eigenvalue weighted by Gasteiger charge is 2.09. The highest BCUT2D eigenvalue weighted by Crippen LogP contribution is 2.15. The van der Waals surface area contributed by atoms with Gasteiger partial charge >= 0.3 is 0 Å². The summed E-state index contributed by atoms with van der Waals surface area (Å²) in [5.41, 5.74) is 1.81. The Kier molecular flexibility index (Phi) is 6.89. The van der Waals surface area contributed by atoms with Crippen molar-refractivity contribution >= 4 is 28.9 Å². The maximum Gasteiger partial charge on any atom is 0.269 e. The molecule has 158 valence electrons. The van der Waals surface area contributed by atoms with Crippen LogP contribution < -0.4 is 16.0 Å². The number of benzene rings is 3. The molecule has 0 aliphatic rings. The van der Waals surface area contributed by atoms with Crippen LogP contribution in [0.25, 0.3) is 0 Å². The third kappa shape index (κ3) is 6.10. The molecule has 2 amide bonds. The summed E-state index contributed by atoms with van der Waals surface area (Å²) in [7, 11) is 0. The number of carbonyl (C=O) groups excluding carboxylic acids is 2. The van der Waals surface area contributed by atoms with Gasteiger partial charge in [-0.3, -0.25) is 19.7 Å². The zero-order valence-corrected chi connectivity index (χ0v) is 16.3. The molecule has 0 saturated heterocycles. The lowest BCUT2D eigenvalue weighted by atomic mass is 10.1. The van der Waals surface area contributed by atoms with Gasteiger partial charge in [0.05, 0.1) is 4.92 Å². The van der Waals surface area contributed by atoms with Gasteiger partial charge in [-0.15, -0.1) is 0 Å². The maximum atomic E-state index is 13.0. The molecular weight excluding hydrogens is 403 g/mol. The van der Waals surface area contributed by atoms with E-state index in [1.807, 2.05) is 0 Å². The summed E-state index contributed by atoms with van der Waals surface area (Å²) in [6.45, 7) is 0.743. The van der Waals surface area contributed by atoms with E-state index in [2.05, 4.69) is 16.0 Å². The molecule has 0 radical (unpaired) electrons. The lowest BCUT2D eigenvalue weighted by Gasteiger charge is -2.10. The molecule has 0 fully saturated rings. The number of non-ortho nitro benzene ring substituents is 1. The number of nitro groups is 1. The van der Waals surface area contributed by atoms with Gasteiger partial charge in [-0.1, -0.05) is 6.07 Å².